The summed E-state index contributed by atoms with van der Waals surface area (Å²) in [5, 5.41) is 18.2. The molecule has 0 spiro atoms. The van der Waals surface area contributed by atoms with Crippen molar-refractivity contribution in [2.24, 2.45) is 5.92 Å². The zero-order valence-corrected chi connectivity index (χ0v) is 29.9. The molecule has 0 saturated heterocycles. The van der Waals surface area contributed by atoms with E-state index in [1.54, 1.807) is 40.8 Å². The van der Waals surface area contributed by atoms with Gasteiger partial charge in [-0.25, -0.2) is 4.68 Å². The SMILES string of the molecule is CCCCN(CCCC)C(=O)c1cc(C)n(-c2ccc(NC(=O)C(C)C3=C4C=CC=CC4NO3)cc2C(=O)N2Cc3ccccc3C[C@H]2CO)n1. The van der Waals surface area contributed by atoms with E-state index in [9.17, 15) is 19.5 Å². The molecule has 2 aliphatic heterocycles. The number of carbonyl (C=O) groups is 3. The maximum Gasteiger partial charge on any atom is 0.274 e. The number of unbranched alkanes of at least 4 members (excludes halogenated alkanes) is 2. The van der Waals surface area contributed by atoms with Crippen LogP contribution in [0.15, 0.2) is 84.2 Å². The third-order valence-electron chi connectivity index (χ3n) is 9.90. The Kier molecular flexibility index (Phi) is 11.2. The molecule has 51 heavy (non-hydrogen) atoms. The summed E-state index contributed by atoms with van der Waals surface area (Å²) < 4.78 is 1.63. The smallest absolute Gasteiger partial charge is 0.274 e. The lowest BCUT2D eigenvalue weighted by Crippen LogP contribution is -2.46. The molecule has 3 amide bonds. The number of benzene rings is 2. The summed E-state index contributed by atoms with van der Waals surface area (Å²) >= 11 is 0. The Hall–Kier alpha value is -5.00. The van der Waals surface area contributed by atoms with E-state index in [1.807, 2.05) is 60.4 Å². The summed E-state index contributed by atoms with van der Waals surface area (Å²) in [6.45, 7) is 9.28. The van der Waals surface area contributed by atoms with E-state index in [4.69, 9.17) is 9.94 Å². The first-order valence-electron chi connectivity index (χ1n) is 18.0. The second-order valence-electron chi connectivity index (χ2n) is 13.5. The molecule has 3 heterocycles. The lowest BCUT2D eigenvalue weighted by Gasteiger charge is -2.36. The highest BCUT2D eigenvalue weighted by Gasteiger charge is 2.34. The van der Waals surface area contributed by atoms with E-state index >= 15 is 0 Å². The normalized spacial score (nSPS) is 18.3. The number of rotatable bonds is 13. The van der Waals surface area contributed by atoms with Crippen LogP contribution in [0.2, 0.25) is 0 Å². The Morgan fingerprint density at radius 1 is 1.06 bits per heavy atom. The lowest BCUT2D eigenvalue weighted by atomic mass is 9.93. The van der Waals surface area contributed by atoms with Gasteiger partial charge >= 0.3 is 0 Å². The summed E-state index contributed by atoms with van der Waals surface area (Å²) in [6, 6.07) is 14.3. The first-order chi connectivity index (χ1) is 24.7. The Balaban J connectivity index is 1.35. The highest BCUT2D eigenvalue weighted by Crippen LogP contribution is 2.31. The molecule has 11 nitrogen and oxygen atoms in total. The number of carbonyl (C=O) groups excluding carboxylic acids is 3. The van der Waals surface area contributed by atoms with Crippen LogP contribution in [0, 0.1) is 12.8 Å². The van der Waals surface area contributed by atoms with Gasteiger partial charge in [0.1, 0.15) is 5.76 Å². The number of amides is 3. The molecular weight excluding hydrogens is 644 g/mol. The summed E-state index contributed by atoms with van der Waals surface area (Å²) in [7, 11) is 0. The molecule has 3 atom stereocenters. The van der Waals surface area contributed by atoms with Crippen molar-refractivity contribution in [2.45, 2.75) is 78.4 Å². The number of hydrogen-bond acceptors (Lipinski definition) is 7. The van der Waals surface area contributed by atoms with Gasteiger partial charge in [-0.2, -0.15) is 5.10 Å². The fourth-order valence-electron chi connectivity index (χ4n) is 6.88. The van der Waals surface area contributed by atoms with Crippen molar-refractivity contribution in [3.05, 3.63) is 112 Å². The van der Waals surface area contributed by atoms with E-state index in [0.29, 0.717) is 60.1 Å². The molecule has 0 fully saturated rings. The number of hydrogen-bond donors (Lipinski definition) is 3. The highest BCUT2D eigenvalue weighted by molar-refractivity contribution is 6.01. The van der Waals surface area contributed by atoms with Crippen LogP contribution in [-0.2, 0) is 22.6 Å². The minimum Gasteiger partial charge on any atom is -0.411 e. The van der Waals surface area contributed by atoms with Gasteiger partial charge in [0.05, 0.1) is 35.9 Å². The van der Waals surface area contributed by atoms with Gasteiger partial charge in [-0.15, -0.1) is 5.48 Å². The van der Waals surface area contributed by atoms with Crippen LogP contribution >= 0.6 is 0 Å². The van der Waals surface area contributed by atoms with Gasteiger partial charge in [-0.3, -0.25) is 14.4 Å². The quantitative estimate of drug-likeness (QED) is 0.212. The number of fused-ring (bicyclic) bond motifs is 2. The van der Waals surface area contributed by atoms with Crippen LogP contribution in [0.1, 0.15) is 84.1 Å². The number of nitrogens with one attached hydrogen (secondary N) is 2. The third-order valence-corrected chi connectivity index (χ3v) is 9.90. The molecule has 3 aliphatic rings. The number of nitrogens with zero attached hydrogens (tertiary/aromatic N) is 4. The summed E-state index contributed by atoms with van der Waals surface area (Å²) in [5.74, 6) is -0.818. The van der Waals surface area contributed by atoms with Crippen molar-refractivity contribution in [3.63, 3.8) is 0 Å². The fraction of sp³-hybridized carbons (Fsp3) is 0.400. The molecule has 1 aromatic heterocycles. The van der Waals surface area contributed by atoms with E-state index in [2.05, 4.69) is 24.6 Å². The Morgan fingerprint density at radius 3 is 2.53 bits per heavy atom. The zero-order valence-electron chi connectivity index (χ0n) is 29.9. The molecule has 3 aromatic rings. The molecule has 0 saturated carbocycles. The molecule has 2 aromatic carbocycles. The minimum atomic E-state index is -0.616. The predicted molar refractivity (Wildman–Crippen MR) is 196 cm³/mol. The first kappa shape index (κ1) is 35.8. The standard InChI is InChI=1S/C40H48N6O5/c1-5-7-19-44(20-8-6-2)40(50)35-21-26(3)46(42-35)36-18-17-30(41-38(48)27(4)37-32-15-11-12-16-34(32)43-51-37)23-33(36)39(49)45-24-29-14-10-9-13-28(29)22-31(45)25-47/h9-18,21,23,27,31,34,43,47H,5-8,19-20,22,24-25H2,1-4H3,(H,41,48)/t27?,31-,34?/m0/s1. The average molecular weight is 693 g/mol. The zero-order chi connectivity index (χ0) is 36.1. The molecule has 2 unspecified atom stereocenters. The molecule has 6 rings (SSSR count). The Labute approximate surface area is 299 Å². The topological polar surface area (TPSA) is 129 Å². The van der Waals surface area contributed by atoms with Crippen molar-refractivity contribution in [2.75, 3.05) is 25.0 Å². The monoisotopic (exact) mass is 692 g/mol. The summed E-state index contributed by atoms with van der Waals surface area (Å²) in [4.78, 5) is 51.3. The van der Waals surface area contributed by atoms with Gasteiger partial charge in [0.15, 0.2) is 5.69 Å². The highest BCUT2D eigenvalue weighted by atomic mass is 16.7. The molecule has 268 valence electrons. The van der Waals surface area contributed by atoms with Gasteiger partial charge in [0.25, 0.3) is 11.8 Å². The number of aromatic nitrogens is 2. The number of anilines is 1. The minimum absolute atomic E-state index is 0.114. The molecule has 3 N–H and O–H groups in total. The number of allylic oxidation sites excluding steroid dienone is 2. The molecular formula is C40H48N6O5. The van der Waals surface area contributed by atoms with Crippen molar-refractivity contribution < 1.29 is 24.3 Å². The molecule has 0 bridgehead atoms. The van der Waals surface area contributed by atoms with E-state index < -0.39 is 12.0 Å². The first-order valence-corrected chi connectivity index (χ1v) is 18.0. The van der Waals surface area contributed by atoms with Crippen molar-refractivity contribution >= 4 is 23.4 Å². The fourth-order valence-corrected chi connectivity index (χ4v) is 6.88. The Bertz CT molecular complexity index is 1870. The summed E-state index contributed by atoms with van der Waals surface area (Å²) in [6.07, 6.45) is 12.0. The number of aliphatic hydroxyl groups is 1. The van der Waals surface area contributed by atoms with Crippen molar-refractivity contribution in [1.82, 2.24) is 25.1 Å². The van der Waals surface area contributed by atoms with Crippen LogP contribution in [0.3, 0.4) is 0 Å². The third kappa shape index (κ3) is 7.55. The lowest BCUT2D eigenvalue weighted by molar-refractivity contribution is -0.119. The van der Waals surface area contributed by atoms with Gasteiger partial charge in [0, 0.05) is 36.6 Å². The van der Waals surface area contributed by atoms with Crippen LogP contribution in [-0.4, -0.2) is 74.2 Å². The molecule has 11 heteroatoms. The van der Waals surface area contributed by atoms with Crippen molar-refractivity contribution in [1.29, 1.82) is 0 Å². The van der Waals surface area contributed by atoms with E-state index in [1.165, 1.54) is 0 Å². The summed E-state index contributed by atoms with van der Waals surface area (Å²) in [5.41, 5.74) is 8.16. The van der Waals surface area contributed by atoms with Crippen molar-refractivity contribution in [3.8, 4) is 5.69 Å². The van der Waals surface area contributed by atoms with Crippen LogP contribution in [0.5, 0.6) is 0 Å². The predicted octanol–water partition coefficient (Wildman–Crippen LogP) is 5.64. The van der Waals surface area contributed by atoms with E-state index in [0.717, 1.165) is 42.4 Å². The molecule has 0 radical (unpaired) electrons. The average Bonchev–Trinajstić information content (AvgIpc) is 3.77. The maximum atomic E-state index is 14.6. The van der Waals surface area contributed by atoms with E-state index in [-0.39, 0.29) is 30.4 Å². The maximum absolute atomic E-state index is 14.6. The van der Waals surface area contributed by atoms with Crippen LogP contribution in [0.25, 0.3) is 5.69 Å². The second kappa shape index (κ2) is 15.9. The number of aryl methyl sites for hydroxylation is 1. The van der Waals surface area contributed by atoms with Crippen LogP contribution < -0.4 is 10.8 Å². The van der Waals surface area contributed by atoms with Gasteiger partial charge in [0.2, 0.25) is 5.91 Å². The number of hydroxylamine groups is 1. The second-order valence-corrected chi connectivity index (χ2v) is 13.5. The van der Waals surface area contributed by atoms with Gasteiger partial charge in [-0.05, 0) is 68.5 Å². The number of aliphatic hydroxyl groups excluding tert-OH is 1. The largest absolute Gasteiger partial charge is 0.411 e. The van der Waals surface area contributed by atoms with Gasteiger partial charge in [-0.1, -0.05) is 75.3 Å². The van der Waals surface area contributed by atoms with Crippen LogP contribution in [0.4, 0.5) is 5.69 Å². The Morgan fingerprint density at radius 2 is 1.80 bits per heavy atom. The molecule has 1 aliphatic carbocycles. The van der Waals surface area contributed by atoms with Gasteiger partial charge < -0.3 is 25.1 Å².